The Bertz CT molecular complexity index is 1370. The number of phenolic OH excluding ortho intramolecular Hbond substituents is 2. The van der Waals surface area contributed by atoms with Crippen LogP contribution in [0.4, 0.5) is 11.4 Å². The fourth-order valence-electron chi connectivity index (χ4n) is 4.25. The molecule has 0 aliphatic heterocycles. The molecule has 0 fully saturated rings. The molecule has 0 unspecified atom stereocenters. The average Bonchev–Trinajstić information content (AvgIpc) is 2.88. The molecule has 200 valence electrons. The lowest BCUT2D eigenvalue weighted by molar-refractivity contribution is 0.474. The maximum atomic E-state index is 10.4. The molecule has 0 saturated carbocycles. The van der Waals surface area contributed by atoms with Gasteiger partial charge in [-0.3, -0.25) is 9.98 Å². The second-order valence-electron chi connectivity index (χ2n) is 12.1. The van der Waals surface area contributed by atoms with Gasteiger partial charge in [0.15, 0.2) is 0 Å². The van der Waals surface area contributed by atoms with E-state index in [1.165, 1.54) is 11.1 Å². The Balaban J connectivity index is 1.49. The monoisotopic (exact) mass is 518 g/mol. The number of phenols is 2. The van der Waals surface area contributed by atoms with E-state index in [0.29, 0.717) is 17.5 Å². The average molecular weight is 519 g/mol. The molecule has 0 saturated heterocycles. The molecule has 0 aliphatic carbocycles. The zero-order valence-electron chi connectivity index (χ0n) is 23.7. The lowest BCUT2D eigenvalue weighted by Gasteiger charge is -2.18. The highest BCUT2D eigenvalue weighted by Gasteiger charge is 2.13. The van der Waals surface area contributed by atoms with Crippen molar-refractivity contribution in [3.05, 3.63) is 118 Å². The number of aromatic hydroxyl groups is 2. The summed E-state index contributed by atoms with van der Waals surface area (Å²) >= 11 is 0. The van der Waals surface area contributed by atoms with E-state index in [9.17, 15) is 10.2 Å². The first kappa shape index (κ1) is 27.8. The fraction of sp³-hybridized carbons (Fsp3) is 0.257. The first-order chi connectivity index (χ1) is 18.4. The van der Waals surface area contributed by atoms with Crippen LogP contribution in [0.5, 0.6) is 11.5 Å². The standard InChI is InChI=1S/C35H38N2O2/c1-34(2,3)28-9-13-30(14-10-28)36-22-26-20-24(7-17-32(26)38)19-25-8-18-33(39)27(21-25)23-37-31-15-11-29(12-16-31)35(4,5)6/h7-18,20-23,38-39H,19H2,1-6H3. The summed E-state index contributed by atoms with van der Waals surface area (Å²) in [6.07, 6.45) is 4.04. The summed E-state index contributed by atoms with van der Waals surface area (Å²) in [6, 6.07) is 27.5. The van der Waals surface area contributed by atoms with Gasteiger partial charge in [0.1, 0.15) is 11.5 Å². The number of hydrogen-bond acceptors (Lipinski definition) is 4. The van der Waals surface area contributed by atoms with Gasteiger partial charge >= 0.3 is 0 Å². The van der Waals surface area contributed by atoms with Gasteiger partial charge in [0, 0.05) is 23.6 Å². The Morgan fingerprint density at radius 2 is 0.897 bits per heavy atom. The van der Waals surface area contributed by atoms with E-state index in [1.54, 1.807) is 24.6 Å². The number of aliphatic imine (C=N–C) groups is 2. The summed E-state index contributed by atoms with van der Waals surface area (Å²) in [5.41, 5.74) is 7.74. The smallest absolute Gasteiger partial charge is 0.124 e. The van der Waals surface area contributed by atoms with Gasteiger partial charge in [0.05, 0.1) is 11.4 Å². The number of nitrogens with zero attached hydrogens (tertiary/aromatic N) is 2. The van der Waals surface area contributed by atoms with Gasteiger partial charge in [-0.1, -0.05) is 77.9 Å². The molecule has 4 nitrogen and oxygen atoms in total. The van der Waals surface area contributed by atoms with E-state index in [4.69, 9.17) is 0 Å². The molecule has 0 bridgehead atoms. The van der Waals surface area contributed by atoms with Crippen LogP contribution in [0.1, 0.15) is 74.9 Å². The first-order valence-corrected chi connectivity index (χ1v) is 13.3. The van der Waals surface area contributed by atoms with E-state index >= 15 is 0 Å². The van der Waals surface area contributed by atoms with Crippen molar-refractivity contribution in [2.45, 2.75) is 58.8 Å². The van der Waals surface area contributed by atoms with Crippen molar-refractivity contribution in [2.75, 3.05) is 0 Å². The molecule has 0 heterocycles. The van der Waals surface area contributed by atoms with Gasteiger partial charge in [-0.25, -0.2) is 0 Å². The summed E-state index contributed by atoms with van der Waals surface area (Å²) in [4.78, 5) is 9.14. The summed E-state index contributed by atoms with van der Waals surface area (Å²) in [7, 11) is 0. The van der Waals surface area contributed by atoms with Gasteiger partial charge in [-0.05, 0) is 88.0 Å². The van der Waals surface area contributed by atoms with Gasteiger partial charge in [0.25, 0.3) is 0 Å². The molecular weight excluding hydrogens is 480 g/mol. The molecule has 0 amide bonds. The van der Waals surface area contributed by atoms with Gasteiger partial charge in [0.2, 0.25) is 0 Å². The van der Waals surface area contributed by atoms with Gasteiger partial charge in [-0.15, -0.1) is 0 Å². The highest BCUT2D eigenvalue weighted by molar-refractivity contribution is 5.86. The quantitative estimate of drug-likeness (QED) is 0.251. The van der Waals surface area contributed by atoms with E-state index in [1.807, 2.05) is 48.5 Å². The van der Waals surface area contributed by atoms with Crippen LogP contribution in [-0.2, 0) is 17.3 Å². The molecule has 0 radical (unpaired) electrons. The minimum absolute atomic E-state index is 0.0898. The van der Waals surface area contributed by atoms with Crippen LogP contribution in [0, 0.1) is 0 Å². The van der Waals surface area contributed by atoms with Gasteiger partial charge in [-0.2, -0.15) is 0 Å². The molecule has 0 atom stereocenters. The van der Waals surface area contributed by atoms with Crippen molar-refractivity contribution in [2.24, 2.45) is 9.98 Å². The molecule has 4 heteroatoms. The Kier molecular flexibility index (Phi) is 8.06. The van der Waals surface area contributed by atoms with Crippen LogP contribution in [0.25, 0.3) is 0 Å². The minimum Gasteiger partial charge on any atom is -0.507 e. The van der Waals surface area contributed by atoms with Crippen molar-refractivity contribution >= 4 is 23.8 Å². The third-order valence-corrected chi connectivity index (χ3v) is 6.76. The molecule has 0 spiro atoms. The molecule has 0 aliphatic rings. The Morgan fingerprint density at radius 1 is 0.538 bits per heavy atom. The molecule has 4 aromatic carbocycles. The second kappa shape index (κ2) is 11.3. The number of hydrogen-bond donors (Lipinski definition) is 2. The fourth-order valence-corrected chi connectivity index (χ4v) is 4.25. The van der Waals surface area contributed by atoms with Crippen molar-refractivity contribution in [3.8, 4) is 11.5 Å². The van der Waals surface area contributed by atoms with Crippen molar-refractivity contribution < 1.29 is 10.2 Å². The summed E-state index contributed by atoms with van der Waals surface area (Å²) in [5.74, 6) is 0.370. The normalized spacial score (nSPS) is 12.5. The molecule has 4 rings (SSSR count). The van der Waals surface area contributed by atoms with E-state index < -0.39 is 0 Å². The van der Waals surface area contributed by atoms with E-state index in [0.717, 1.165) is 22.5 Å². The maximum Gasteiger partial charge on any atom is 0.124 e. The van der Waals surface area contributed by atoms with Crippen LogP contribution in [0.15, 0.2) is 94.9 Å². The zero-order valence-corrected chi connectivity index (χ0v) is 23.7. The van der Waals surface area contributed by atoms with Crippen molar-refractivity contribution in [1.82, 2.24) is 0 Å². The van der Waals surface area contributed by atoms with E-state index in [-0.39, 0.29) is 22.3 Å². The Hall–Kier alpha value is -4.18. The zero-order chi connectivity index (χ0) is 28.2. The highest BCUT2D eigenvalue weighted by atomic mass is 16.3. The van der Waals surface area contributed by atoms with Crippen molar-refractivity contribution in [1.29, 1.82) is 0 Å². The third-order valence-electron chi connectivity index (χ3n) is 6.76. The summed E-state index contributed by atoms with van der Waals surface area (Å²) in [6.45, 7) is 13.1. The number of rotatable bonds is 6. The Labute approximate surface area is 232 Å². The van der Waals surface area contributed by atoms with Crippen LogP contribution < -0.4 is 0 Å². The lowest BCUT2D eigenvalue weighted by Crippen LogP contribution is -2.10. The SMILES string of the molecule is CC(C)(C)c1ccc(N=Cc2cc(Cc3ccc(O)c(C=Nc4ccc(C(C)(C)C)cc4)c3)ccc2O)cc1. The highest BCUT2D eigenvalue weighted by Crippen LogP contribution is 2.27. The Morgan fingerprint density at radius 3 is 1.23 bits per heavy atom. The molecule has 39 heavy (non-hydrogen) atoms. The minimum atomic E-state index is 0.0898. The maximum absolute atomic E-state index is 10.4. The first-order valence-electron chi connectivity index (χ1n) is 13.3. The third kappa shape index (κ3) is 7.44. The second-order valence-corrected chi connectivity index (χ2v) is 12.1. The van der Waals surface area contributed by atoms with Crippen LogP contribution in [0.3, 0.4) is 0 Å². The number of benzene rings is 4. The lowest BCUT2D eigenvalue weighted by atomic mass is 9.87. The van der Waals surface area contributed by atoms with Gasteiger partial charge < -0.3 is 10.2 Å². The summed E-state index contributed by atoms with van der Waals surface area (Å²) in [5, 5.41) is 20.8. The molecule has 0 aromatic heterocycles. The topological polar surface area (TPSA) is 65.2 Å². The van der Waals surface area contributed by atoms with Crippen LogP contribution in [0.2, 0.25) is 0 Å². The largest absolute Gasteiger partial charge is 0.507 e. The molecule has 4 aromatic rings. The van der Waals surface area contributed by atoms with Crippen molar-refractivity contribution in [3.63, 3.8) is 0 Å². The van der Waals surface area contributed by atoms with Crippen LogP contribution >= 0.6 is 0 Å². The predicted molar refractivity (Wildman–Crippen MR) is 164 cm³/mol. The van der Waals surface area contributed by atoms with E-state index in [2.05, 4.69) is 75.8 Å². The molecule has 2 N–H and O–H groups in total. The predicted octanol–water partition coefficient (Wildman–Crippen LogP) is 8.78. The summed E-state index contributed by atoms with van der Waals surface area (Å²) < 4.78 is 0. The molecular formula is C35H38N2O2. The van der Waals surface area contributed by atoms with Crippen LogP contribution in [-0.4, -0.2) is 22.6 Å².